The van der Waals surface area contributed by atoms with E-state index in [-0.39, 0.29) is 29.6 Å². The van der Waals surface area contributed by atoms with Crippen molar-refractivity contribution in [2.24, 2.45) is 0 Å². The summed E-state index contributed by atoms with van der Waals surface area (Å²) in [5.74, 6) is 1.54. The van der Waals surface area contributed by atoms with Gasteiger partial charge in [-0.3, -0.25) is 9.59 Å². The number of hydrogen-bond acceptors (Lipinski definition) is 12. The van der Waals surface area contributed by atoms with Gasteiger partial charge < -0.3 is 39.8 Å². The number of carbonyl (C=O) groups is 4. The van der Waals surface area contributed by atoms with Gasteiger partial charge in [-0.25, -0.2) is 19.0 Å². The van der Waals surface area contributed by atoms with Crippen LogP contribution in [0.2, 0.25) is 0 Å². The van der Waals surface area contributed by atoms with Crippen LogP contribution in [0.1, 0.15) is 107 Å². The maximum Gasteiger partial charge on any atom is 0.337 e. The number of fused-ring (bicyclic) bond motifs is 2. The zero-order valence-electron chi connectivity index (χ0n) is 40.7. The van der Waals surface area contributed by atoms with Gasteiger partial charge in [-0.05, 0) is 104 Å². The van der Waals surface area contributed by atoms with E-state index >= 15 is 0 Å². The van der Waals surface area contributed by atoms with E-state index in [0.29, 0.717) is 59.9 Å². The van der Waals surface area contributed by atoms with Gasteiger partial charge in [-0.1, -0.05) is 78.9 Å². The Labute approximate surface area is 412 Å². The average Bonchev–Trinajstić information content (AvgIpc) is 4.14. The van der Waals surface area contributed by atoms with Gasteiger partial charge in [0, 0.05) is 26.2 Å². The largest absolute Gasteiger partial charge is 0.508 e. The van der Waals surface area contributed by atoms with Gasteiger partial charge in [0.2, 0.25) is 0 Å². The first-order valence-corrected chi connectivity index (χ1v) is 23.5. The monoisotopic (exact) mass is 958 g/mol. The lowest BCUT2D eigenvalue weighted by molar-refractivity contribution is 0.0592. The molecule has 0 aliphatic carbocycles. The van der Waals surface area contributed by atoms with Crippen LogP contribution in [0.15, 0.2) is 127 Å². The van der Waals surface area contributed by atoms with Crippen LogP contribution in [-0.2, 0) is 42.3 Å². The third kappa shape index (κ3) is 11.4. The van der Waals surface area contributed by atoms with E-state index in [1.165, 1.54) is 14.2 Å². The molecule has 0 radical (unpaired) electrons. The van der Waals surface area contributed by atoms with Gasteiger partial charge in [0.1, 0.15) is 40.9 Å². The van der Waals surface area contributed by atoms with Crippen molar-refractivity contribution < 1.29 is 38.5 Å². The Hall–Kier alpha value is -8.40. The van der Waals surface area contributed by atoms with Crippen LogP contribution < -0.4 is 25.2 Å². The molecule has 2 aliphatic heterocycles. The molecule has 4 heterocycles. The predicted molar refractivity (Wildman–Crippen MR) is 269 cm³/mol. The Morgan fingerprint density at radius 2 is 0.986 bits per heavy atom. The van der Waals surface area contributed by atoms with E-state index in [1.807, 2.05) is 116 Å². The molecule has 16 nitrogen and oxygen atoms in total. The molecule has 0 saturated carbocycles. The summed E-state index contributed by atoms with van der Waals surface area (Å²) >= 11 is 0. The minimum atomic E-state index is -0.395. The van der Waals surface area contributed by atoms with Crippen molar-refractivity contribution in [3.8, 4) is 11.5 Å². The molecule has 71 heavy (non-hydrogen) atoms. The molecule has 0 fully saturated rings. The molecule has 0 unspecified atom stereocenters. The number of nitrogens with one attached hydrogen (secondary N) is 2. The summed E-state index contributed by atoms with van der Waals surface area (Å²) in [5.41, 5.74) is 8.54. The lowest BCUT2D eigenvalue weighted by Gasteiger charge is -2.20. The number of carbonyl (C=O) groups excluding carboxylic acids is 4. The molecule has 0 bridgehead atoms. The summed E-state index contributed by atoms with van der Waals surface area (Å²) < 4.78 is 19.2. The first kappa shape index (κ1) is 49.0. The van der Waals surface area contributed by atoms with E-state index in [0.717, 1.165) is 64.8 Å². The summed E-state index contributed by atoms with van der Waals surface area (Å²) in [6.45, 7) is 12.3. The Balaban J connectivity index is 0.000000194. The van der Waals surface area contributed by atoms with Crippen molar-refractivity contribution in [1.82, 2.24) is 30.2 Å². The molecule has 7 aromatic rings. The number of phenols is 1. The smallest absolute Gasteiger partial charge is 0.337 e. The zero-order chi connectivity index (χ0) is 50.2. The molecule has 0 spiro atoms. The molecule has 2 atom stereocenters. The van der Waals surface area contributed by atoms with Gasteiger partial charge in [-0.15, -0.1) is 0 Å². The van der Waals surface area contributed by atoms with E-state index in [4.69, 9.17) is 14.2 Å². The number of esters is 2. The van der Waals surface area contributed by atoms with E-state index < -0.39 is 11.9 Å². The van der Waals surface area contributed by atoms with Crippen LogP contribution in [0.3, 0.4) is 0 Å². The molecule has 9 rings (SSSR count). The number of aromatic hydroxyl groups is 1. The van der Waals surface area contributed by atoms with Crippen LogP contribution in [0.4, 0.5) is 11.6 Å². The fourth-order valence-corrected chi connectivity index (χ4v) is 8.81. The molecule has 5 aromatic carbocycles. The van der Waals surface area contributed by atoms with Crippen LogP contribution in [0.25, 0.3) is 0 Å². The second-order valence-electron chi connectivity index (χ2n) is 17.6. The fraction of sp³-hybridized carbons (Fsp3) is 0.273. The molecular formula is C55H58N8O8. The number of methoxy groups -OCH3 is 2. The van der Waals surface area contributed by atoms with Crippen LogP contribution >= 0.6 is 0 Å². The number of phenolic OH excluding ortho intramolecular Hbond substituents is 1. The van der Waals surface area contributed by atoms with E-state index in [2.05, 4.69) is 42.8 Å². The standard InChI is InChI=1S/C31H32N4O4.C24H26N4O4/c1-21(25-11-13-26(14-12-25)31(37)38-3)32-29(36)28-22(2)33-35-18-17-34(30(28)35)19-23-9-15-27(16-10-23)39-20-24-7-5-4-6-8-24;1-15(18-6-8-19(9-7-18)24(31)32-3)25-22(30)21-16(2)26-28-13-12-27(23(21)28)14-17-4-10-20(29)11-5-17/h4-16,21H,17-20H2,1-3H3,(H,32,36);4-11,15,29H,12-14H2,1-3H3,(H,25,30)/t21-;15-/m00/s1. The Morgan fingerprint density at radius 3 is 1.41 bits per heavy atom. The Morgan fingerprint density at radius 1 is 0.563 bits per heavy atom. The van der Waals surface area contributed by atoms with Crippen molar-refractivity contribution in [2.45, 2.75) is 72.6 Å². The van der Waals surface area contributed by atoms with Crippen LogP contribution in [0.5, 0.6) is 11.5 Å². The Kier molecular flexibility index (Phi) is 15.1. The van der Waals surface area contributed by atoms with Gasteiger partial charge >= 0.3 is 11.9 Å². The molecule has 0 saturated heterocycles. The minimum absolute atomic E-state index is 0.171. The molecule has 16 heteroatoms. The zero-order valence-corrected chi connectivity index (χ0v) is 40.7. The van der Waals surface area contributed by atoms with Crippen molar-refractivity contribution in [3.05, 3.63) is 189 Å². The van der Waals surface area contributed by atoms with Gasteiger partial charge in [0.15, 0.2) is 0 Å². The molecule has 3 N–H and O–H groups in total. The van der Waals surface area contributed by atoms with Gasteiger partial charge in [0.05, 0.1) is 61.9 Å². The summed E-state index contributed by atoms with van der Waals surface area (Å²) in [6, 6.07) is 38.8. The second-order valence-corrected chi connectivity index (χ2v) is 17.6. The van der Waals surface area contributed by atoms with Crippen molar-refractivity contribution in [2.75, 3.05) is 37.1 Å². The number of ether oxygens (including phenoxy) is 3. The highest BCUT2D eigenvalue weighted by Crippen LogP contribution is 2.33. The predicted octanol–water partition coefficient (Wildman–Crippen LogP) is 8.26. The number of aromatic nitrogens is 4. The molecule has 366 valence electrons. The minimum Gasteiger partial charge on any atom is -0.508 e. The number of anilines is 2. The Bertz CT molecular complexity index is 2990. The van der Waals surface area contributed by atoms with Crippen molar-refractivity contribution in [1.29, 1.82) is 0 Å². The van der Waals surface area contributed by atoms with Crippen LogP contribution in [0, 0.1) is 13.8 Å². The number of aryl methyl sites for hydroxylation is 2. The maximum atomic E-state index is 13.4. The lowest BCUT2D eigenvalue weighted by atomic mass is 10.1. The van der Waals surface area contributed by atoms with E-state index in [1.54, 1.807) is 36.4 Å². The summed E-state index contributed by atoms with van der Waals surface area (Å²) in [7, 11) is 2.70. The lowest BCUT2D eigenvalue weighted by Crippen LogP contribution is -2.29. The number of rotatable bonds is 15. The summed E-state index contributed by atoms with van der Waals surface area (Å²) in [4.78, 5) is 54.4. The fourth-order valence-electron chi connectivity index (χ4n) is 8.81. The van der Waals surface area contributed by atoms with Gasteiger partial charge in [-0.2, -0.15) is 10.2 Å². The first-order valence-electron chi connectivity index (χ1n) is 23.5. The highest BCUT2D eigenvalue weighted by molar-refractivity contribution is 6.01. The molecule has 2 amide bonds. The second kappa shape index (κ2) is 21.9. The van der Waals surface area contributed by atoms with Crippen LogP contribution in [-0.4, -0.2) is 75.7 Å². The van der Waals surface area contributed by atoms with Crippen molar-refractivity contribution in [3.63, 3.8) is 0 Å². The number of nitrogens with zero attached hydrogens (tertiary/aromatic N) is 6. The maximum absolute atomic E-state index is 13.4. The quantitative estimate of drug-likeness (QED) is 0.0839. The summed E-state index contributed by atoms with van der Waals surface area (Å²) in [6.07, 6.45) is 0. The third-order valence-corrected chi connectivity index (χ3v) is 12.6. The topological polar surface area (TPSA) is 182 Å². The van der Waals surface area contributed by atoms with Crippen molar-refractivity contribution >= 4 is 35.4 Å². The normalized spacial score (nSPS) is 13.3. The number of benzene rings is 5. The van der Waals surface area contributed by atoms with E-state index in [9.17, 15) is 24.3 Å². The average molecular weight is 959 g/mol. The molecule has 2 aliphatic rings. The molecular weight excluding hydrogens is 901 g/mol. The highest BCUT2D eigenvalue weighted by atomic mass is 16.5. The SMILES string of the molecule is COC(=O)c1ccc([C@H](C)NC(=O)c2c(C)nn3c2N(Cc2ccc(O)cc2)CC3)cc1.COC(=O)c1ccc([C@H](C)NC(=O)c2c(C)nn3c2N(Cc2ccc(OCc4ccccc4)cc2)CC3)cc1. The number of amides is 2. The highest BCUT2D eigenvalue weighted by Gasteiger charge is 2.32. The number of hydrogen-bond donors (Lipinski definition) is 3. The summed E-state index contributed by atoms with van der Waals surface area (Å²) in [5, 5.41) is 24.9. The third-order valence-electron chi connectivity index (χ3n) is 12.6. The molecule has 2 aromatic heterocycles. The first-order chi connectivity index (χ1) is 34.3. The van der Waals surface area contributed by atoms with Gasteiger partial charge in [0.25, 0.3) is 11.8 Å².